The molecule has 0 saturated heterocycles. The van der Waals surface area contributed by atoms with E-state index < -0.39 is 6.04 Å². The topological polar surface area (TPSA) is 76.0 Å². The number of benzene rings is 2. The van der Waals surface area contributed by atoms with E-state index in [1.165, 1.54) is 4.57 Å². The van der Waals surface area contributed by atoms with Crippen molar-refractivity contribution in [2.24, 2.45) is 0 Å². The van der Waals surface area contributed by atoms with E-state index in [0.717, 1.165) is 27.8 Å². The summed E-state index contributed by atoms with van der Waals surface area (Å²) in [6, 6.07) is 12.5. The maximum atomic E-state index is 12.6. The lowest BCUT2D eigenvalue weighted by Gasteiger charge is -2.24. The molecule has 0 aliphatic carbocycles. The summed E-state index contributed by atoms with van der Waals surface area (Å²) in [4.78, 5) is 29.5. The van der Waals surface area contributed by atoms with Gasteiger partial charge in [-0.05, 0) is 49.2 Å². The first-order valence-electron chi connectivity index (χ1n) is 8.18. The van der Waals surface area contributed by atoms with Gasteiger partial charge < -0.3 is 10.6 Å². The van der Waals surface area contributed by atoms with E-state index in [2.05, 4.69) is 15.6 Å². The van der Waals surface area contributed by atoms with Gasteiger partial charge in [-0.25, -0.2) is 9.55 Å². The Kier molecular flexibility index (Phi) is 3.53. The lowest BCUT2D eigenvalue weighted by molar-refractivity contribution is -0.117. The molecule has 0 saturated carbocycles. The van der Waals surface area contributed by atoms with Crippen LogP contribution in [0.1, 0.15) is 22.3 Å². The van der Waals surface area contributed by atoms with Crippen LogP contribution in [0, 0.1) is 13.8 Å². The molecule has 2 heterocycles. The summed E-state index contributed by atoms with van der Waals surface area (Å²) in [7, 11) is 0. The van der Waals surface area contributed by atoms with Crippen molar-refractivity contribution >= 4 is 34.5 Å². The molecule has 0 unspecified atom stereocenters. The molecule has 1 aliphatic rings. The summed E-state index contributed by atoms with van der Waals surface area (Å²) in [5.74, 6) is 0.0373. The van der Waals surface area contributed by atoms with Gasteiger partial charge in [-0.1, -0.05) is 18.2 Å². The molecule has 4 rings (SSSR count). The lowest BCUT2D eigenvalue weighted by Crippen LogP contribution is -2.42. The third-order valence-corrected chi connectivity index (χ3v) is 4.58. The Labute approximate surface area is 144 Å². The van der Waals surface area contributed by atoms with Crippen molar-refractivity contribution in [2.75, 3.05) is 10.6 Å². The first-order valence-corrected chi connectivity index (χ1v) is 8.18. The summed E-state index contributed by atoms with van der Waals surface area (Å²) < 4.78 is 1.54. The Balaban J connectivity index is 1.59. The minimum atomic E-state index is -0.640. The largest absolute Gasteiger partial charge is 0.343 e. The van der Waals surface area contributed by atoms with E-state index in [1.807, 2.05) is 56.3 Å². The molecule has 126 valence electrons. The van der Waals surface area contributed by atoms with E-state index in [-0.39, 0.29) is 18.2 Å². The maximum absolute atomic E-state index is 12.6. The smallest absolute Gasteiger partial charge is 0.247 e. The molecule has 1 amide bonds. The van der Waals surface area contributed by atoms with Gasteiger partial charge >= 0.3 is 0 Å². The van der Waals surface area contributed by atoms with Gasteiger partial charge in [0.05, 0.1) is 17.5 Å². The number of fused-ring (bicyclic) bond motifs is 3. The van der Waals surface area contributed by atoms with Gasteiger partial charge in [-0.15, -0.1) is 0 Å². The van der Waals surface area contributed by atoms with Gasteiger partial charge in [0.25, 0.3) is 0 Å². The fourth-order valence-corrected chi connectivity index (χ4v) is 3.05. The number of nitrogens with zero attached hydrogens (tertiary/aromatic N) is 2. The first kappa shape index (κ1) is 15.4. The van der Waals surface area contributed by atoms with Crippen molar-refractivity contribution < 1.29 is 9.59 Å². The third-order valence-electron chi connectivity index (χ3n) is 4.58. The minimum Gasteiger partial charge on any atom is -0.343 e. The van der Waals surface area contributed by atoms with Crippen molar-refractivity contribution in [2.45, 2.75) is 26.3 Å². The van der Waals surface area contributed by atoms with Crippen LogP contribution in [-0.2, 0) is 4.79 Å². The molecule has 6 nitrogen and oxygen atoms in total. The molecule has 25 heavy (non-hydrogen) atoms. The summed E-state index contributed by atoms with van der Waals surface area (Å²) in [5.41, 5.74) is 4.47. The number of hydrogen-bond acceptors (Lipinski definition) is 4. The standard InChI is InChI=1S/C19H18N4O2/c1-11-7-8-13(9-12(11)2)20-18(25)15-10-17(24)23-16-6-4-3-5-14(16)21-19(23)22-15/h3-9,15H,10H2,1-2H3,(H,20,25)(H,21,22)/t15-/m1/s1. The van der Waals surface area contributed by atoms with Crippen molar-refractivity contribution in [3.8, 4) is 0 Å². The van der Waals surface area contributed by atoms with Crippen LogP contribution < -0.4 is 10.6 Å². The van der Waals surface area contributed by atoms with Gasteiger partial charge in [-0.3, -0.25) is 9.59 Å². The van der Waals surface area contributed by atoms with Gasteiger partial charge in [0.15, 0.2) is 0 Å². The maximum Gasteiger partial charge on any atom is 0.247 e. The summed E-state index contributed by atoms with van der Waals surface area (Å²) in [6.45, 7) is 4.02. The fourth-order valence-electron chi connectivity index (χ4n) is 3.05. The molecule has 0 spiro atoms. The second kappa shape index (κ2) is 5.73. The lowest BCUT2D eigenvalue weighted by atomic mass is 10.1. The molecular formula is C19H18N4O2. The Morgan fingerprint density at radius 2 is 2.00 bits per heavy atom. The molecule has 1 aliphatic heterocycles. The van der Waals surface area contributed by atoms with Gasteiger partial charge in [0, 0.05) is 5.69 Å². The number of carbonyl (C=O) groups is 2. The van der Waals surface area contributed by atoms with Crippen LogP contribution in [0.4, 0.5) is 11.6 Å². The van der Waals surface area contributed by atoms with Crippen molar-refractivity contribution in [3.05, 3.63) is 53.6 Å². The summed E-state index contributed by atoms with van der Waals surface area (Å²) in [5, 5.41) is 5.96. The number of carbonyl (C=O) groups excluding carboxylic acids is 2. The van der Waals surface area contributed by atoms with Gasteiger partial charge in [0.1, 0.15) is 6.04 Å². The molecule has 2 N–H and O–H groups in total. The van der Waals surface area contributed by atoms with Crippen LogP contribution in [-0.4, -0.2) is 27.4 Å². The van der Waals surface area contributed by atoms with E-state index in [1.54, 1.807) is 0 Å². The zero-order valence-corrected chi connectivity index (χ0v) is 14.0. The summed E-state index contributed by atoms with van der Waals surface area (Å²) in [6.07, 6.45) is 0.0873. The number of para-hydroxylation sites is 2. The quantitative estimate of drug-likeness (QED) is 0.755. The monoisotopic (exact) mass is 334 g/mol. The summed E-state index contributed by atoms with van der Waals surface area (Å²) >= 11 is 0. The van der Waals surface area contributed by atoms with Crippen LogP contribution in [0.15, 0.2) is 42.5 Å². The SMILES string of the molecule is Cc1ccc(NC(=O)[C@H]2CC(=O)n3c(nc4ccccc43)N2)cc1C. The first-order chi connectivity index (χ1) is 12.0. The normalized spacial score (nSPS) is 16.4. The molecular weight excluding hydrogens is 316 g/mol. The number of hydrogen-bond donors (Lipinski definition) is 2. The Hall–Kier alpha value is -3.15. The van der Waals surface area contributed by atoms with Gasteiger partial charge in [-0.2, -0.15) is 0 Å². The predicted octanol–water partition coefficient (Wildman–Crippen LogP) is 3.12. The zero-order chi connectivity index (χ0) is 17.6. The fraction of sp³-hybridized carbons (Fsp3) is 0.211. The molecule has 0 fully saturated rings. The van der Waals surface area contributed by atoms with Crippen LogP contribution >= 0.6 is 0 Å². The number of aromatic nitrogens is 2. The van der Waals surface area contributed by atoms with Crippen LogP contribution in [0.2, 0.25) is 0 Å². The zero-order valence-electron chi connectivity index (χ0n) is 14.0. The van der Waals surface area contributed by atoms with E-state index in [4.69, 9.17) is 0 Å². The number of rotatable bonds is 2. The second-order valence-corrected chi connectivity index (χ2v) is 6.34. The van der Waals surface area contributed by atoms with Crippen LogP contribution in [0.25, 0.3) is 11.0 Å². The number of imidazole rings is 1. The Morgan fingerprint density at radius 1 is 1.20 bits per heavy atom. The number of aryl methyl sites for hydroxylation is 2. The number of nitrogens with one attached hydrogen (secondary N) is 2. The van der Waals surface area contributed by atoms with Crippen molar-refractivity contribution in [3.63, 3.8) is 0 Å². The van der Waals surface area contributed by atoms with E-state index in [9.17, 15) is 9.59 Å². The van der Waals surface area contributed by atoms with E-state index in [0.29, 0.717) is 5.95 Å². The predicted molar refractivity (Wildman–Crippen MR) is 96.9 cm³/mol. The Morgan fingerprint density at radius 3 is 2.80 bits per heavy atom. The van der Waals surface area contributed by atoms with Crippen molar-refractivity contribution in [1.29, 1.82) is 0 Å². The highest BCUT2D eigenvalue weighted by Crippen LogP contribution is 2.25. The average molecular weight is 334 g/mol. The highest BCUT2D eigenvalue weighted by atomic mass is 16.2. The molecule has 0 radical (unpaired) electrons. The second-order valence-electron chi connectivity index (χ2n) is 6.34. The highest BCUT2D eigenvalue weighted by molar-refractivity contribution is 6.04. The Bertz CT molecular complexity index is 1010. The molecule has 3 aromatic rings. The highest BCUT2D eigenvalue weighted by Gasteiger charge is 2.31. The third kappa shape index (κ3) is 2.65. The molecule has 1 aromatic heterocycles. The minimum absolute atomic E-state index is 0.0873. The molecule has 0 bridgehead atoms. The van der Waals surface area contributed by atoms with Crippen LogP contribution in [0.3, 0.4) is 0 Å². The van der Waals surface area contributed by atoms with Crippen molar-refractivity contribution in [1.82, 2.24) is 9.55 Å². The van der Waals surface area contributed by atoms with Gasteiger partial charge in [0.2, 0.25) is 17.8 Å². The molecule has 2 aromatic carbocycles. The number of amides is 1. The van der Waals surface area contributed by atoms with E-state index >= 15 is 0 Å². The van der Waals surface area contributed by atoms with Crippen LogP contribution in [0.5, 0.6) is 0 Å². The molecule has 1 atom stereocenters. The molecule has 6 heteroatoms. The number of anilines is 2. The average Bonchev–Trinajstić information content (AvgIpc) is 2.97.